The molecular weight excluding hydrogens is 358 g/mol. The lowest BCUT2D eigenvalue weighted by Crippen LogP contribution is -2.44. The molecule has 6 heteroatoms. The SMILES string of the molecule is CC(C)C(=O)NC(O)C(Br)(Br)Br. The standard InChI is InChI=1S/C6H10Br3NO2/c1-3(2)4(11)10-5(12)6(7,8)9/h3,5,12H,1-2H3,(H,10,11). The zero-order valence-electron chi connectivity index (χ0n) is 6.64. The minimum absolute atomic E-state index is 0.144. The van der Waals surface area contributed by atoms with Gasteiger partial charge >= 0.3 is 0 Å². The fraction of sp³-hybridized carbons (Fsp3) is 0.833. The van der Waals surface area contributed by atoms with Crippen LogP contribution in [0.25, 0.3) is 0 Å². The summed E-state index contributed by atoms with van der Waals surface area (Å²) in [7, 11) is 0. The third-order valence-electron chi connectivity index (χ3n) is 1.11. The minimum Gasteiger partial charge on any atom is -0.370 e. The summed E-state index contributed by atoms with van der Waals surface area (Å²) in [6.45, 7) is 3.50. The van der Waals surface area contributed by atoms with Crippen LogP contribution < -0.4 is 5.32 Å². The summed E-state index contributed by atoms with van der Waals surface area (Å²) in [6, 6.07) is 0. The Balaban J connectivity index is 4.02. The Morgan fingerprint density at radius 3 is 2.08 bits per heavy atom. The molecule has 0 aliphatic rings. The largest absolute Gasteiger partial charge is 0.370 e. The molecule has 0 saturated heterocycles. The van der Waals surface area contributed by atoms with Crippen molar-refractivity contribution in [1.29, 1.82) is 0 Å². The summed E-state index contributed by atoms with van der Waals surface area (Å²) in [5.41, 5.74) is 0. The molecule has 0 aromatic heterocycles. The summed E-state index contributed by atoms with van der Waals surface area (Å²) in [6.07, 6.45) is -1.02. The molecule has 0 saturated carbocycles. The van der Waals surface area contributed by atoms with Crippen LogP contribution in [0.3, 0.4) is 0 Å². The van der Waals surface area contributed by atoms with Gasteiger partial charge < -0.3 is 10.4 Å². The van der Waals surface area contributed by atoms with Crippen LogP contribution in [0.5, 0.6) is 0 Å². The molecular formula is C6H10Br3NO2. The Morgan fingerprint density at radius 1 is 1.42 bits per heavy atom. The number of carbonyl (C=O) groups is 1. The first kappa shape index (κ1) is 12.9. The lowest BCUT2D eigenvalue weighted by Gasteiger charge is -2.21. The second-order valence-corrected chi connectivity index (χ2v) is 9.55. The van der Waals surface area contributed by atoms with Crippen molar-refractivity contribution < 1.29 is 9.90 Å². The van der Waals surface area contributed by atoms with E-state index in [1.54, 1.807) is 13.8 Å². The van der Waals surface area contributed by atoms with E-state index in [-0.39, 0.29) is 11.8 Å². The highest BCUT2D eigenvalue weighted by Crippen LogP contribution is 2.35. The number of amides is 1. The van der Waals surface area contributed by atoms with Gasteiger partial charge in [0.1, 0.15) is 0 Å². The number of carbonyl (C=O) groups excluding carboxylic acids is 1. The van der Waals surface area contributed by atoms with E-state index >= 15 is 0 Å². The number of aliphatic hydroxyl groups is 1. The summed E-state index contributed by atoms with van der Waals surface area (Å²) in [5, 5.41) is 11.7. The maximum absolute atomic E-state index is 11.1. The molecule has 0 aromatic rings. The Hall–Kier alpha value is 0.870. The van der Waals surface area contributed by atoms with Crippen molar-refractivity contribution in [3.05, 3.63) is 0 Å². The van der Waals surface area contributed by atoms with Gasteiger partial charge in [0.2, 0.25) is 5.91 Å². The molecule has 2 N–H and O–H groups in total. The van der Waals surface area contributed by atoms with Gasteiger partial charge in [-0.05, 0) is 0 Å². The predicted molar refractivity (Wildman–Crippen MR) is 58.5 cm³/mol. The van der Waals surface area contributed by atoms with E-state index in [9.17, 15) is 9.90 Å². The van der Waals surface area contributed by atoms with Gasteiger partial charge in [0.25, 0.3) is 0 Å². The average Bonchev–Trinajstić information content (AvgIpc) is 1.85. The molecule has 72 valence electrons. The maximum Gasteiger partial charge on any atom is 0.224 e. The third-order valence-corrected chi connectivity index (χ3v) is 2.41. The van der Waals surface area contributed by atoms with E-state index in [0.29, 0.717) is 0 Å². The Kier molecular flexibility index (Phi) is 5.29. The molecule has 0 heterocycles. The van der Waals surface area contributed by atoms with Crippen molar-refractivity contribution in [2.24, 2.45) is 5.92 Å². The van der Waals surface area contributed by atoms with Crippen LogP contribution in [0.1, 0.15) is 13.8 Å². The molecule has 0 aliphatic heterocycles. The average molecular weight is 368 g/mol. The van der Waals surface area contributed by atoms with Crippen molar-refractivity contribution >= 4 is 53.7 Å². The van der Waals surface area contributed by atoms with Crippen molar-refractivity contribution in [3.8, 4) is 0 Å². The van der Waals surface area contributed by atoms with Crippen LogP contribution in [0.15, 0.2) is 0 Å². The number of hydrogen-bond donors (Lipinski definition) is 2. The number of nitrogens with one attached hydrogen (secondary N) is 1. The number of hydrogen-bond acceptors (Lipinski definition) is 2. The highest BCUT2D eigenvalue weighted by Gasteiger charge is 2.30. The molecule has 1 amide bonds. The highest BCUT2D eigenvalue weighted by atomic mass is 80.0. The minimum atomic E-state index is -1.02. The van der Waals surface area contributed by atoms with Gasteiger partial charge in [-0.15, -0.1) is 0 Å². The van der Waals surface area contributed by atoms with Crippen molar-refractivity contribution in [3.63, 3.8) is 0 Å². The normalized spacial score (nSPS) is 14.6. The second kappa shape index (κ2) is 4.93. The molecule has 0 aromatic carbocycles. The summed E-state index contributed by atoms with van der Waals surface area (Å²) >= 11 is 9.27. The first-order valence-electron chi connectivity index (χ1n) is 3.30. The molecule has 0 radical (unpaired) electrons. The number of alkyl halides is 3. The number of halogens is 3. The quantitative estimate of drug-likeness (QED) is 0.578. The topological polar surface area (TPSA) is 49.3 Å². The summed E-state index contributed by atoms with van der Waals surface area (Å²) in [4.78, 5) is 11.1. The van der Waals surface area contributed by atoms with Crippen LogP contribution in [0.4, 0.5) is 0 Å². The first-order chi connectivity index (χ1) is 5.25. The molecule has 0 fully saturated rings. The molecule has 0 aliphatic carbocycles. The van der Waals surface area contributed by atoms with Crippen LogP contribution in [0.2, 0.25) is 0 Å². The van der Waals surface area contributed by atoms with Gasteiger partial charge in [-0.3, -0.25) is 4.79 Å². The molecule has 0 rings (SSSR count). The molecule has 3 nitrogen and oxygen atoms in total. The fourth-order valence-electron chi connectivity index (χ4n) is 0.383. The zero-order chi connectivity index (χ0) is 9.94. The van der Waals surface area contributed by atoms with E-state index < -0.39 is 8.37 Å². The molecule has 0 spiro atoms. The van der Waals surface area contributed by atoms with Crippen LogP contribution in [-0.4, -0.2) is 19.4 Å². The van der Waals surface area contributed by atoms with Crippen LogP contribution in [0, 0.1) is 5.92 Å². The van der Waals surface area contributed by atoms with Gasteiger partial charge in [-0.25, -0.2) is 0 Å². The molecule has 1 unspecified atom stereocenters. The van der Waals surface area contributed by atoms with E-state index in [0.717, 1.165) is 0 Å². The first-order valence-corrected chi connectivity index (χ1v) is 5.68. The lowest BCUT2D eigenvalue weighted by molar-refractivity contribution is -0.126. The fourth-order valence-corrected chi connectivity index (χ4v) is 0.727. The second-order valence-electron chi connectivity index (χ2n) is 2.61. The van der Waals surface area contributed by atoms with Crippen LogP contribution in [-0.2, 0) is 4.79 Å². The van der Waals surface area contributed by atoms with Gasteiger partial charge in [0.15, 0.2) is 8.37 Å². The van der Waals surface area contributed by atoms with E-state index in [1.165, 1.54) is 0 Å². The van der Waals surface area contributed by atoms with Crippen molar-refractivity contribution in [2.45, 2.75) is 22.2 Å². The van der Waals surface area contributed by atoms with Crippen molar-refractivity contribution in [2.75, 3.05) is 0 Å². The predicted octanol–water partition coefficient (Wildman–Crippen LogP) is 1.92. The van der Waals surface area contributed by atoms with Crippen molar-refractivity contribution in [1.82, 2.24) is 5.32 Å². The van der Waals surface area contributed by atoms with Gasteiger partial charge in [-0.1, -0.05) is 61.6 Å². The third kappa shape index (κ3) is 4.79. The Labute approximate surface area is 96.7 Å². The van der Waals surface area contributed by atoms with Gasteiger partial charge in [-0.2, -0.15) is 0 Å². The molecule has 12 heavy (non-hydrogen) atoms. The van der Waals surface area contributed by atoms with Gasteiger partial charge in [0, 0.05) is 5.92 Å². The Morgan fingerprint density at radius 2 is 1.83 bits per heavy atom. The smallest absolute Gasteiger partial charge is 0.224 e. The van der Waals surface area contributed by atoms with Crippen LogP contribution >= 0.6 is 47.8 Å². The monoisotopic (exact) mass is 365 g/mol. The highest BCUT2D eigenvalue weighted by molar-refractivity contribution is 9.39. The zero-order valence-corrected chi connectivity index (χ0v) is 11.4. The summed E-state index contributed by atoms with van der Waals surface area (Å²) < 4.78 is -0.864. The lowest BCUT2D eigenvalue weighted by atomic mass is 10.2. The molecule has 1 atom stereocenters. The van der Waals surface area contributed by atoms with Gasteiger partial charge in [0.05, 0.1) is 0 Å². The van der Waals surface area contributed by atoms with E-state index in [1.807, 2.05) is 0 Å². The van der Waals surface area contributed by atoms with E-state index in [4.69, 9.17) is 0 Å². The molecule has 0 bridgehead atoms. The summed E-state index contributed by atoms with van der Waals surface area (Å²) in [5.74, 6) is -0.347. The number of rotatable bonds is 2. The maximum atomic E-state index is 11.1. The Bertz CT molecular complexity index is 167. The number of aliphatic hydroxyl groups excluding tert-OH is 1. The van der Waals surface area contributed by atoms with E-state index in [2.05, 4.69) is 53.1 Å².